The molecule has 0 atom stereocenters. The molecule has 3 aromatic rings. The molecule has 0 fully saturated rings. The Morgan fingerprint density at radius 1 is 1.31 bits per heavy atom. The molecule has 2 aromatic heterocycles. The van der Waals surface area contributed by atoms with Crippen molar-refractivity contribution >= 4 is 34.7 Å². The lowest BCUT2D eigenvalue weighted by atomic mass is 10.3. The number of aromatic nitrogens is 4. The van der Waals surface area contributed by atoms with E-state index in [0.29, 0.717) is 28.9 Å². The van der Waals surface area contributed by atoms with Gasteiger partial charge in [0.1, 0.15) is 0 Å². The Kier molecular flexibility index (Phi) is 5.02. The minimum absolute atomic E-state index is 0.137. The van der Waals surface area contributed by atoms with Gasteiger partial charge < -0.3 is 14.8 Å². The Morgan fingerprint density at radius 3 is 3.12 bits per heavy atom. The molecular weight excluding hydrogens is 374 g/mol. The molecule has 1 N–H and O–H groups in total. The van der Waals surface area contributed by atoms with E-state index in [1.807, 2.05) is 11.4 Å². The van der Waals surface area contributed by atoms with Crippen LogP contribution in [0.5, 0.6) is 11.5 Å². The number of fused-ring (bicyclic) bond motifs is 1. The van der Waals surface area contributed by atoms with E-state index in [-0.39, 0.29) is 18.5 Å². The van der Waals surface area contributed by atoms with E-state index in [1.54, 1.807) is 34.2 Å². The normalized spacial score (nSPS) is 12.3. The van der Waals surface area contributed by atoms with Crippen molar-refractivity contribution in [1.82, 2.24) is 20.2 Å². The van der Waals surface area contributed by atoms with Crippen LogP contribution in [-0.4, -0.2) is 38.7 Å². The number of anilines is 1. The Hall–Kier alpha value is -2.59. The van der Waals surface area contributed by atoms with Gasteiger partial charge in [0, 0.05) is 23.1 Å². The highest BCUT2D eigenvalue weighted by molar-refractivity contribution is 7.99. The molecule has 0 bridgehead atoms. The van der Waals surface area contributed by atoms with Crippen LogP contribution in [0, 0.1) is 0 Å². The number of rotatable bonds is 7. The molecule has 0 saturated carbocycles. The van der Waals surface area contributed by atoms with Crippen molar-refractivity contribution < 1.29 is 14.3 Å². The third kappa shape index (κ3) is 3.97. The monoisotopic (exact) mass is 389 g/mol. The van der Waals surface area contributed by atoms with E-state index in [4.69, 9.17) is 9.47 Å². The van der Waals surface area contributed by atoms with Gasteiger partial charge in [-0.3, -0.25) is 4.79 Å². The first-order valence-electron chi connectivity index (χ1n) is 7.89. The number of hydrogen-bond acceptors (Lipinski definition) is 8. The SMILES string of the molecule is O=C(CSc1nnnn1CCc1cccs1)Nc1ccc2c(c1)OCO2. The van der Waals surface area contributed by atoms with Crippen molar-refractivity contribution in [3.63, 3.8) is 0 Å². The highest BCUT2D eigenvalue weighted by atomic mass is 32.2. The van der Waals surface area contributed by atoms with Crippen LogP contribution in [0.3, 0.4) is 0 Å². The first-order chi connectivity index (χ1) is 12.8. The molecule has 4 rings (SSSR count). The minimum Gasteiger partial charge on any atom is -0.454 e. The fourth-order valence-electron chi connectivity index (χ4n) is 2.41. The standard InChI is InChI=1S/C16H15N5O3S2/c22-15(17-11-3-4-13-14(8-11)24-10-23-13)9-26-16-18-19-20-21(16)6-5-12-2-1-7-25-12/h1-4,7-8H,5-6,9-10H2,(H,17,22). The van der Waals surface area contributed by atoms with Crippen LogP contribution < -0.4 is 14.8 Å². The summed E-state index contributed by atoms with van der Waals surface area (Å²) in [4.78, 5) is 13.5. The topological polar surface area (TPSA) is 91.2 Å². The van der Waals surface area contributed by atoms with Crippen LogP contribution >= 0.6 is 23.1 Å². The smallest absolute Gasteiger partial charge is 0.234 e. The summed E-state index contributed by atoms with van der Waals surface area (Å²) in [6.07, 6.45) is 0.861. The Bertz CT molecular complexity index is 897. The minimum atomic E-state index is -0.137. The van der Waals surface area contributed by atoms with Crippen molar-refractivity contribution in [2.24, 2.45) is 0 Å². The maximum absolute atomic E-state index is 12.2. The van der Waals surface area contributed by atoms with Crippen molar-refractivity contribution in [2.45, 2.75) is 18.1 Å². The number of nitrogens with one attached hydrogen (secondary N) is 1. The molecule has 0 saturated heterocycles. The molecule has 10 heteroatoms. The highest BCUT2D eigenvalue weighted by Crippen LogP contribution is 2.34. The van der Waals surface area contributed by atoms with Crippen molar-refractivity contribution in [2.75, 3.05) is 17.9 Å². The molecule has 0 unspecified atom stereocenters. The summed E-state index contributed by atoms with van der Waals surface area (Å²) < 4.78 is 12.3. The molecular formula is C16H15N5O3S2. The number of thiophene rings is 1. The lowest BCUT2D eigenvalue weighted by Crippen LogP contribution is -2.15. The second kappa shape index (κ2) is 7.75. The van der Waals surface area contributed by atoms with Gasteiger partial charge in [0.15, 0.2) is 11.5 Å². The maximum atomic E-state index is 12.2. The second-order valence-electron chi connectivity index (χ2n) is 5.42. The predicted molar refractivity (Wildman–Crippen MR) is 97.8 cm³/mol. The van der Waals surface area contributed by atoms with Gasteiger partial charge in [-0.15, -0.1) is 16.4 Å². The first kappa shape index (κ1) is 16.9. The van der Waals surface area contributed by atoms with Gasteiger partial charge in [-0.2, -0.15) is 0 Å². The molecule has 0 aliphatic carbocycles. The lowest BCUT2D eigenvalue weighted by Gasteiger charge is -2.06. The predicted octanol–water partition coefficient (Wildman–Crippen LogP) is 2.44. The molecule has 1 aliphatic heterocycles. The number of benzene rings is 1. The number of thioether (sulfide) groups is 1. The fraction of sp³-hybridized carbons (Fsp3) is 0.250. The molecule has 134 valence electrons. The van der Waals surface area contributed by atoms with Crippen LogP contribution in [0.1, 0.15) is 4.88 Å². The summed E-state index contributed by atoms with van der Waals surface area (Å²) in [7, 11) is 0. The Labute approximate surface area is 157 Å². The number of amides is 1. The van der Waals surface area contributed by atoms with E-state index in [1.165, 1.54) is 16.6 Å². The zero-order valence-electron chi connectivity index (χ0n) is 13.6. The zero-order valence-corrected chi connectivity index (χ0v) is 15.3. The largest absolute Gasteiger partial charge is 0.454 e. The van der Waals surface area contributed by atoms with Crippen molar-refractivity contribution in [1.29, 1.82) is 0 Å². The molecule has 1 aromatic carbocycles. The van der Waals surface area contributed by atoms with Crippen molar-refractivity contribution in [3.8, 4) is 11.5 Å². The summed E-state index contributed by atoms with van der Waals surface area (Å²) in [5, 5.41) is 17.2. The summed E-state index contributed by atoms with van der Waals surface area (Å²) in [5.74, 6) is 1.39. The first-order valence-corrected chi connectivity index (χ1v) is 9.75. The van der Waals surface area contributed by atoms with Crippen LogP contribution in [-0.2, 0) is 17.8 Å². The van der Waals surface area contributed by atoms with Crippen LogP contribution in [0.15, 0.2) is 40.9 Å². The maximum Gasteiger partial charge on any atom is 0.234 e. The van der Waals surface area contributed by atoms with Crippen LogP contribution in [0.2, 0.25) is 0 Å². The highest BCUT2D eigenvalue weighted by Gasteiger charge is 2.15. The summed E-state index contributed by atoms with van der Waals surface area (Å²) >= 11 is 3.01. The molecule has 26 heavy (non-hydrogen) atoms. The van der Waals surface area contributed by atoms with Gasteiger partial charge >= 0.3 is 0 Å². The average molecular weight is 389 g/mol. The molecule has 1 amide bonds. The molecule has 0 spiro atoms. The van der Waals surface area contributed by atoms with Gasteiger partial charge in [0.2, 0.25) is 17.9 Å². The summed E-state index contributed by atoms with van der Waals surface area (Å²) in [6.45, 7) is 0.885. The van der Waals surface area contributed by atoms with E-state index in [0.717, 1.165) is 6.42 Å². The van der Waals surface area contributed by atoms with Gasteiger partial charge in [-0.25, -0.2) is 4.68 Å². The number of ether oxygens (including phenoxy) is 2. The summed E-state index contributed by atoms with van der Waals surface area (Å²) in [6, 6.07) is 9.41. The molecule has 1 aliphatic rings. The van der Waals surface area contributed by atoms with E-state index in [9.17, 15) is 4.79 Å². The number of tetrazole rings is 1. The van der Waals surface area contributed by atoms with Gasteiger partial charge in [-0.05, 0) is 34.0 Å². The number of aryl methyl sites for hydroxylation is 2. The van der Waals surface area contributed by atoms with Gasteiger partial charge in [0.05, 0.1) is 12.3 Å². The van der Waals surface area contributed by atoms with Gasteiger partial charge in [-0.1, -0.05) is 17.8 Å². The van der Waals surface area contributed by atoms with E-state index in [2.05, 4.69) is 26.9 Å². The number of carbonyl (C=O) groups is 1. The van der Waals surface area contributed by atoms with Gasteiger partial charge in [0.25, 0.3) is 0 Å². The van der Waals surface area contributed by atoms with Crippen LogP contribution in [0.25, 0.3) is 0 Å². The number of nitrogens with zero attached hydrogens (tertiary/aromatic N) is 4. The fourth-order valence-corrected chi connectivity index (χ4v) is 3.81. The summed E-state index contributed by atoms with van der Waals surface area (Å²) in [5.41, 5.74) is 0.664. The Morgan fingerprint density at radius 2 is 2.23 bits per heavy atom. The molecule has 0 radical (unpaired) electrons. The number of hydrogen-bond donors (Lipinski definition) is 1. The molecule has 3 heterocycles. The number of carbonyl (C=O) groups excluding carboxylic acids is 1. The zero-order chi connectivity index (χ0) is 17.8. The molecule has 8 nitrogen and oxygen atoms in total. The Balaban J connectivity index is 1.30. The second-order valence-corrected chi connectivity index (χ2v) is 7.39. The van der Waals surface area contributed by atoms with E-state index < -0.39 is 0 Å². The third-order valence-corrected chi connectivity index (χ3v) is 5.53. The lowest BCUT2D eigenvalue weighted by molar-refractivity contribution is -0.113. The van der Waals surface area contributed by atoms with E-state index >= 15 is 0 Å². The average Bonchev–Trinajstić information content (AvgIpc) is 3.38. The third-order valence-electron chi connectivity index (χ3n) is 3.64. The quantitative estimate of drug-likeness (QED) is 0.621. The van der Waals surface area contributed by atoms with Crippen molar-refractivity contribution in [3.05, 3.63) is 40.6 Å². The van der Waals surface area contributed by atoms with Crippen LogP contribution in [0.4, 0.5) is 5.69 Å².